The van der Waals surface area contributed by atoms with Crippen LogP contribution in [-0.4, -0.2) is 29.4 Å². The average molecular weight is 226 g/mol. The van der Waals surface area contributed by atoms with E-state index in [1.54, 1.807) is 0 Å². The van der Waals surface area contributed by atoms with Gasteiger partial charge in [-0.15, -0.1) is 0 Å². The third-order valence-corrected chi connectivity index (χ3v) is 3.44. The first-order chi connectivity index (χ1) is 7.52. The van der Waals surface area contributed by atoms with Crippen molar-refractivity contribution in [3.05, 3.63) is 0 Å². The fourth-order valence-corrected chi connectivity index (χ4v) is 2.51. The smallest absolute Gasteiger partial charge is 0.222 e. The number of nitrogens with two attached hydrogens (primary N) is 1. The quantitative estimate of drug-likeness (QED) is 0.780. The zero-order valence-corrected chi connectivity index (χ0v) is 10.9. The number of carbonyl (C=O) groups excluding carboxylic acids is 1. The summed E-state index contributed by atoms with van der Waals surface area (Å²) >= 11 is 0. The maximum Gasteiger partial charge on any atom is 0.222 e. The van der Waals surface area contributed by atoms with Crippen molar-refractivity contribution < 1.29 is 4.79 Å². The Kier molecular flexibility index (Phi) is 5.26. The molecule has 3 nitrogen and oxygen atoms in total. The molecule has 16 heavy (non-hydrogen) atoms. The Bertz CT molecular complexity index is 226. The molecule has 0 aromatic rings. The number of hydrogen-bond donors (Lipinski definition) is 1. The number of carbonyl (C=O) groups is 1. The highest BCUT2D eigenvalue weighted by molar-refractivity contribution is 5.76. The highest BCUT2D eigenvalue weighted by Crippen LogP contribution is 2.24. The molecule has 2 unspecified atom stereocenters. The van der Waals surface area contributed by atoms with Crippen molar-refractivity contribution in [2.24, 2.45) is 11.7 Å². The monoisotopic (exact) mass is 226 g/mol. The number of rotatable bonds is 5. The SMILES string of the molecule is CC(N)CCCC(=O)N1CCCC1C(C)C. The largest absolute Gasteiger partial charge is 0.339 e. The lowest BCUT2D eigenvalue weighted by Crippen LogP contribution is -2.38. The van der Waals surface area contributed by atoms with Crippen molar-refractivity contribution in [2.45, 2.75) is 65.0 Å². The predicted molar refractivity (Wildman–Crippen MR) is 67.1 cm³/mol. The molecule has 0 aliphatic carbocycles. The fourth-order valence-electron chi connectivity index (χ4n) is 2.51. The molecule has 2 atom stereocenters. The van der Waals surface area contributed by atoms with Gasteiger partial charge in [-0.1, -0.05) is 13.8 Å². The minimum Gasteiger partial charge on any atom is -0.339 e. The second kappa shape index (κ2) is 6.24. The molecular formula is C13H26N2O. The third-order valence-electron chi connectivity index (χ3n) is 3.44. The summed E-state index contributed by atoms with van der Waals surface area (Å²) in [6.07, 6.45) is 4.90. The van der Waals surface area contributed by atoms with Crippen molar-refractivity contribution in [1.82, 2.24) is 4.90 Å². The average Bonchev–Trinajstić information content (AvgIpc) is 2.65. The summed E-state index contributed by atoms with van der Waals surface area (Å²) in [5.41, 5.74) is 5.68. The molecule has 1 rings (SSSR count). The van der Waals surface area contributed by atoms with Crippen molar-refractivity contribution in [1.29, 1.82) is 0 Å². The second-order valence-electron chi connectivity index (χ2n) is 5.41. The molecule has 0 aromatic carbocycles. The maximum atomic E-state index is 12.0. The molecule has 1 saturated heterocycles. The van der Waals surface area contributed by atoms with Gasteiger partial charge in [-0.25, -0.2) is 0 Å². The summed E-state index contributed by atoms with van der Waals surface area (Å²) in [5, 5.41) is 0. The molecule has 0 radical (unpaired) electrons. The van der Waals surface area contributed by atoms with Crippen LogP contribution in [0.15, 0.2) is 0 Å². The minimum atomic E-state index is 0.215. The Balaban J connectivity index is 2.35. The van der Waals surface area contributed by atoms with Crippen molar-refractivity contribution >= 4 is 5.91 Å². The summed E-state index contributed by atoms with van der Waals surface area (Å²) in [6, 6.07) is 0.690. The first-order valence-electron chi connectivity index (χ1n) is 6.57. The van der Waals surface area contributed by atoms with Crippen molar-refractivity contribution in [2.75, 3.05) is 6.54 Å². The molecule has 0 spiro atoms. The highest BCUT2D eigenvalue weighted by Gasteiger charge is 2.30. The van der Waals surface area contributed by atoms with Crippen LogP contribution in [-0.2, 0) is 4.79 Å². The van der Waals surface area contributed by atoms with Gasteiger partial charge in [0.25, 0.3) is 0 Å². The van der Waals surface area contributed by atoms with E-state index < -0.39 is 0 Å². The Hall–Kier alpha value is -0.570. The number of amides is 1. The molecule has 2 N–H and O–H groups in total. The van der Waals surface area contributed by atoms with E-state index in [0.717, 1.165) is 19.4 Å². The van der Waals surface area contributed by atoms with E-state index in [4.69, 9.17) is 5.73 Å². The van der Waals surface area contributed by atoms with Gasteiger partial charge in [-0.2, -0.15) is 0 Å². The van der Waals surface area contributed by atoms with Crippen LogP contribution in [0.2, 0.25) is 0 Å². The summed E-state index contributed by atoms with van der Waals surface area (Å²) in [5.74, 6) is 0.914. The Morgan fingerprint density at radius 3 is 2.69 bits per heavy atom. The lowest BCUT2D eigenvalue weighted by atomic mass is 10.0. The van der Waals surface area contributed by atoms with Crippen LogP contribution in [0.3, 0.4) is 0 Å². The molecule has 1 heterocycles. The maximum absolute atomic E-state index is 12.0. The topological polar surface area (TPSA) is 46.3 Å². The minimum absolute atomic E-state index is 0.215. The van der Waals surface area contributed by atoms with E-state index in [0.29, 0.717) is 24.3 Å². The molecule has 1 aliphatic rings. The molecular weight excluding hydrogens is 200 g/mol. The van der Waals surface area contributed by atoms with E-state index in [-0.39, 0.29) is 6.04 Å². The van der Waals surface area contributed by atoms with Crippen molar-refractivity contribution in [3.63, 3.8) is 0 Å². The molecule has 94 valence electrons. The van der Waals surface area contributed by atoms with Gasteiger partial charge in [0.1, 0.15) is 0 Å². The lowest BCUT2D eigenvalue weighted by Gasteiger charge is -2.27. The third kappa shape index (κ3) is 3.78. The first kappa shape index (κ1) is 13.5. The Morgan fingerprint density at radius 2 is 2.12 bits per heavy atom. The van der Waals surface area contributed by atoms with Crippen molar-refractivity contribution in [3.8, 4) is 0 Å². The number of likely N-dealkylation sites (tertiary alicyclic amines) is 1. The van der Waals surface area contributed by atoms with Crippen LogP contribution in [0.5, 0.6) is 0 Å². The van der Waals surface area contributed by atoms with Gasteiger partial charge in [-0.3, -0.25) is 4.79 Å². The highest BCUT2D eigenvalue weighted by atomic mass is 16.2. The summed E-state index contributed by atoms with van der Waals surface area (Å²) < 4.78 is 0. The Morgan fingerprint density at radius 1 is 1.44 bits per heavy atom. The summed E-state index contributed by atoms with van der Waals surface area (Å²) in [7, 11) is 0. The molecule has 0 bridgehead atoms. The van der Waals surface area contributed by atoms with Gasteiger partial charge in [0.15, 0.2) is 0 Å². The molecule has 1 aliphatic heterocycles. The van der Waals surface area contributed by atoms with E-state index in [2.05, 4.69) is 18.7 Å². The van der Waals surface area contributed by atoms with Gasteiger partial charge in [0.05, 0.1) is 0 Å². The van der Waals surface area contributed by atoms with Crippen LogP contribution in [0.25, 0.3) is 0 Å². The van der Waals surface area contributed by atoms with E-state index in [9.17, 15) is 4.79 Å². The van der Waals surface area contributed by atoms with Crippen LogP contribution < -0.4 is 5.73 Å². The van der Waals surface area contributed by atoms with E-state index >= 15 is 0 Å². The van der Waals surface area contributed by atoms with E-state index in [1.807, 2.05) is 6.92 Å². The zero-order chi connectivity index (χ0) is 12.1. The Labute approximate surface area is 99.4 Å². The normalized spacial score (nSPS) is 22.8. The molecule has 1 fully saturated rings. The van der Waals surface area contributed by atoms with Crippen LogP contribution >= 0.6 is 0 Å². The van der Waals surface area contributed by atoms with Gasteiger partial charge in [0.2, 0.25) is 5.91 Å². The van der Waals surface area contributed by atoms with E-state index in [1.165, 1.54) is 12.8 Å². The summed E-state index contributed by atoms with van der Waals surface area (Å²) in [4.78, 5) is 14.1. The second-order valence-corrected chi connectivity index (χ2v) is 5.41. The lowest BCUT2D eigenvalue weighted by molar-refractivity contribution is -0.132. The first-order valence-corrected chi connectivity index (χ1v) is 6.57. The van der Waals surface area contributed by atoms with Gasteiger partial charge in [0, 0.05) is 25.0 Å². The molecule has 3 heteroatoms. The molecule has 0 saturated carbocycles. The van der Waals surface area contributed by atoms with Crippen LogP contribution in [0.1, 0.15) is 52.9 Å². The standard InChI is InChI=1S/C13H26N2O/c1-10(2)12-7-5-9-15(12)13(16)8-4-6-11(3)14/h10-12H,4-9,14H2,1-3H3. The zero-order valence-electron chi connectivity index (χ0n) is 10.9. The van der Waals surface area contributed by atoms with Crippen LogP contribution in [0.4, 0.5) is 0 Å². The van der Waals surface area contributed by atoms with Gasteiger partial charge in [-0.05, 0) is 38.5 Å². The predicted octanol–water partition coefficient (Wildman–Crippen LogP) is 2.15. The van der Waals surface area contributed by atoms with Gasteiger partial charge >= 0.3 is 0 Å². The van der Waals surface area contributed by atoms with Gasteiger partial charge < -0.3 is 10.6 Å². The number of hydrogen-bond acceptors (Lipinski definition) is 2. The van der Waals surface area contributed by atoms with Crippen LogP contribution in [0, 0.1) is 5.92 Å². The molecule has 1 amide bonds. The summed E-state index contributed by atoms with van der Waals surface area (Å²) in [6.45, 7) is 7.37. The molecule has 0 aromatic heterocycles. The fraction of sp³-hybridized carbons (Fsp3) is 0.923. The number of nitrogens with zero attached hydrogens (tertiary/aromatic N) is 1.